The van der Waals surface area contributed by atoms with Crippen LogP contribution in [0.3, 0.4) is 0 Å². The first kappa shape index (κ1) is 14.5. The molecule has 1 saturated heterocycles. The zero-order valence-electron chi connectivity index (χ0n) is 13.0. The lowest BCUT2D eigenvalue weighted by Gasteiger charge is -2.27. The van der Waals surface area contributed by atoms with Gasteiger partial charge in [0, 0.05) is 25.2 Å². The molecule has 2 nitrogen and oxygen atoms in total. The predicted octanol–water partition coefficient (Wildman–Crippen LogP) is 3.29. The number of likely N-dealkylation sites (tertiary alicyclic amines) is 1. The van der Waals surface area contributed by atoms with Crippen LogP contribution in [0.1, 0.15) is 43.0 Å². The highest BCUT2D eigenvalue weighted by Crippen LogP contribution is 2.26. The molecule has 1 aromatic rings. The van der Waals surface area contributed by atoms with Crippen molar-refractivity contribution in [2.75, 3.05) is 20.1 Å². The van der Waals surface area contributed by atoms with Gasteiger partial charge in [-0.25, -0.2) is 0 Å². The standard InChI is InChI=1S/C17H28N2/c1-12-6-13(2)9-16(8-12)17(18-5)11-19-10-14(3)7-15(19)4/h6,8-9,14-15,17-18H,7,10-11H2,1-5H3. The average Bonchev–Trinajstić information content (AvgIpc) is 2.63. The molecule has 0 aliphatic carbocycles. The minimum atomic E-state index is 0.436. The summed E-state index contributed by atoms with van der Waals surface area (Å²) in [5.41, 5.74) is 4.14. The van der Waals surface area contributed by atoms with Gasteiger partial charge in [-0.3, -0.25) is 4.90 Å². The summed E-state index contributed by atoms with van der Waals surface area (Å²) in [5, 5.41) is 3.49. The summed E-state index contributed by atoms with van der Waals surface area (Å²) in [4.78, 5) is 2.63. The molecule has 0 spiro atoms. The fraction of sp³-hybridized carbons (Fsp3) is 0.647. The van der Waals surface area contributed by atoms with Gasteiger partial charge >= 0.3 is 0 Å². The van der Waals surface area contributed by atoms with E-state index in [-0.39, 0.29) is 0 Å². The van der Waals surface area contributed by atoms with Crippen molar-refractivity contribution in [1.29, 1.82) is 0 Å². The maximum Gasteiger partial charge on any atom is 0.0447 e. The molecule has 3 unspecified atom stereocenters. The number of hydrogen-bond donors (Lipinski definition) is 1. The topological polar surface area (TPSA) is 15.3 Å². The number of aryl methyl sites for hydroxylation is 2. The first-order valence-electron chi connectivity index (χ1n) is 7.49. The zero-order chi connectivity index (χ0) is 14.0. The van der Waals surface area contributed by atoms with Crippen LogP contribution in [0.25, 0.3) is 0 Å². The van der Waals surface area contributed by atoms with Crippen molar-refractivity contribution in [3.8, 4) is 0 Å². The summed E-state index contributed by atoms with van der Waals surface area (Å²) in [6, 6.07) is 8.04. The SMILES string of the molecule is CNC(CN1CC(C)CC1C)c1cc(C)cc(C)c1. The van der Waals surface area contributed by atoms with E-state index in [0.717, 1.165) is 18.5 Å². The van der Waals surface area contributed by atoms with Crippen LogP contribution >= 0.6 is 0 Å². The highest BCUT2D eigenvalue weighted by molar-refractivity contribution is 5.31. The van der Waals surface area contributed by atoms with Crippen molar-refractivity contribution in [2.45, 2.75) is 46.2 Å². The first-order valence-corrected chi connectivity index (χ1v) is 7.49. The lowest BCUT2D eigenvalue weighted by atomic mass is 10.0. The Hall–Kier alpha value is -0.860. The lowest BCUT2D eigenvalue weighted by Crippen LogP contribution is -2.36. The molecular weight excluding hydrogens is 232 g/mol. The summed E-state index contributed by atoms with van der Waals surface area (Å²) >= 11 is 0. The maximum atomic E-state index is 3.49. The van der Waals surface area contributed by atoms with Gasteiger partial charge in [-0.05, 0) is 45.7 Å². The Balaban J connectivity index is 2.11. The molecule has 1 aliphatic rings. The highest BCUT2D eigenvalue weighted by atomic mass is 15.2. The highest BCUT2D eigenvalue weighted by Gasteiger charge is 2.28. The number of benzene rings is 1. The normalized spacial score (nSPS) is 25.7. The Morgan fingerprint density at radius 3 is 2.32 bits per heavy atom. The van der Waals surface area contributed by atoms with Gasteiger partial charge in [-0.1, -0.05) is 36.2 Å². The Morgan fingerprint density at radius 2 is 1.84 bits per heavy atom. The molecule has 0 saturated carbocycles. The second-order valence-electron chi connectivity index (χ2n) is 6.41. The second-order valence-corrected chi connectivity index (χ2v) is 6.41. The molecule has 1 aliphatic heterocycles. The fourth-order valence-corrected chi connectivity index (χ4v) is 3.45. The van der Waals surface area contributed by atoms with E-state index in [4.69, 9.17) is 0 Å². The fourth-order valence-electron chi connectivity index (χ4n) is 3.45. The summed E-state index contributed by atoms with van der Waals surface area (Å²) < 4.78 is 0. The summed E-state index contributed by atoms with van der Waals surface area (Å²) in [6.07, 6.45) is 1.34. The number of likely N-dealkylation sites (N-methyl/N-ethyl adjacent to an activating group) is 1. The minimum Gasteiger partial charge on any atom is -0.312 e. The van der Waals surface area contributed by atoms with E-state index in [1.165, 1.54) is 29.7 Å². The molecule has 1 heterocycles. The van der Waals surface area contributed by atoms with Crippen molar-refractivity contribution in [3.05, 3.63) is 34.9 Å². The van der Waals surface area contributed by atoms with E-state index in [2.05, 4.69) is 63.2 Å². The Morgan fingerprint density at radius 1 is 1.21 bits per heavy atom. The van der Waals surface area contributed by atoms with Crippen LogP contribution < -0.4 is 5.32 Å². The van der Waals surface area contributed by atoms with Gasteiger partial charge in [-0.15, -0.1) is 0 Å². The third kappa shape index (κ3) is 3.58. The van der Waals surface area contributed by atoms with E-state index < -0.39 is 0 Å². The van der Waals surface area contributed by atoms with Gasteiger partial charge in [0.25, 0.3) is 0 Å². The molecular formula is C17H28N2. The van der Waals surface area contributed by atoms with Gasteiger partial charge in [0.2, 0.25) is 0 Å². The minimum absolute atomic E-state index is 0.436. The third-order valence-electron chi connectivity index (χ3n) is 4.32. The van der Waals surface area contributed by atoms with Gasteiger partial charge in [-0.2, -0.15) is 0 Å². The van der Waals surface area contributed by atoms with E-state index in [1.54, 1.807) is 0 Å². The summed E-state index contributed by atoms with van der Waals surface area (Å²) in [6.45, 7) is 11.4. The number of nitrogens with one attached hydrogen (secondary N) is 1. The number of hydrogen-bond acceptors (Lipinski definition) is 2. The quantitative estimate of drug-likeness (QED) is 0.893. The van der Waals surface area contributed by atoms with Gasteiger partial charge < -0.3 is 5.32 Å². The summed E-state index contributed by atoms with van der Waals surface area (Å²) in [5.74, 6) is 0.840. The van der Waals surface area contributed by atoms with Crippen LogP contribution in [-0.2, 0) is 0 Å². The van der Waals surface area contributed by atoms with Gasteiger partial charge in [0.05, 0.1) is 0 Å². The Kier molecular flexibility index (Phi) is 4.64. The van der Waals surface area contributed by atoms with Crippen LogP contribution in [-0.4, -0.2) is 31.1 Å². The van der Waals surface area contributed by atoms with Crippen LogP contribution in [0.4, 0.5) is 0 Å². The van der Waals surface area contributed by atoms with Crippen LogP contribution in [0.5, 0.6) is 0 Å². The van der Waals surface area contributed by atoms with Crippen molar-refractivity contribution in [2.24, 2.45) is 5.92 Å². The number of rotatable bonds is 4. The Bertz CT molecular complexity index is 407. The number of nitrogens with zero attached hydrogens (tertiary/aromatic N) is 1. The van der Waals surface area contributed by atoms with E-state index in [1.807, 2.05) is 0 Å². The maximum absolute atomic E-state index is 3.49. The van der Waals surface area contributed by atoms with E-state index in [9.17, 15) is 0 Å². The molecule has 2 rings (SSSR count). The van der Waals surface area contributed by atoms with E-state index >= 15 is 0 Å². The largest absolute Gasteiger partial charge is 0.312 e. The zero-order valence-corrected chi connectivity index (χ0v) is 13.0. The smallest absolute Gasteiger partial charge is 0.0447 e. The van der Waals surface area contributed by atoms with Crippen molar-refractivity contribution < 1.29 is 0 Å². The molecule has 0 aromatic heterocycles. The molecule has 106 valence electrons. The lowest BCUT2D eigenvalue weighted by molar-refractivity contribution is 0.238. The molecule has 3 atom stereocenters. The molecule has 1 N–H and O–H groups in total. The van der Waals surface area contributed by atoms with Crippen molar-refractivity contribution in [3.63, 3.8) is 0 Å². The van der Waals surface area contributed by atoms with Crippen LogP contribution in [0.2, 0.25) is 0 Å². The Labute approximate surface area is 118 Å². The summed E-state index contributed by atoms with van der Waals surface area (Å²) in [7, 11) is 2.08. The molecule has 1 aromatic carbocycles. The van der Waals surface area contributed by atoms with Gasteiger partial charge in [0.1, 0.15) is 0 Å². The van der Waals surface area contributed by atoms with Crippen LogP contribution in [0, 0.1) is 19.8 Å². The van der Waals surface area contributed by atoms with Crippen molar-refractivity contribution in [1.82, 2.24) is 10.2 Å². The van der Waals surface area contributed by atoms with Gasteiger partial charge in [0.15, 0.2) is 0 Å². The molecule has 0 radical (unpaired) electrons. The second kappa shape index (κ2) is 6.06. The van der Waals surface area contributed by atoms with E-state index in [0.29, 0.717) is 6.04 Å². The first-order chi connectivity index (χ1) is 8.99. The molecule has 1 fully saturated rings. The predicted molar refractivity (Wildman–Crippen MR) is 82.5 cm³/mol. The molecule has 19 heavy (non-hydrogen) atoms. The monoisotopic (exact) mass is 260 g/mol. The van der Waals surface area contributed by atoms with Crippen molar-refractivity contribution >= 4 is 0 Å². The molecule has 0 amide bonds. The third-order valence-corrected chi connectivity index (χ3v) is 4.32. The average molecular weight is 260 g/mol. The van der Waals surface area contributed by atoms with Crippen LogP contribution in [0.15, 0.2) is 18.2 Å². The molecule has 2 heteroatoms. The molecule has 0 bridgehead atoms.